The van der Waals surface area contributed by atoms with E-state index >= 15 is 0 Å². The number of rotatable bonds is 5. The zero-order valence-corrected chi connectivity index (χ0v) is 14.8. The van der Waals surface area contributed by atoms with Gasteiger partial charge in [-0.1, -0.05) is 6.07 Å². The summed E-state index contributed by atoms with van der Waals surface area (Å²) in [6, 6.07) is 9.26. The lowest BCUT2D eigenvalue weighted by Crippen LogP contribution is -2.34. The molecule has 0 atom stereocenters. The molecule has 1 aromatic carbocycles. The third kappa shape index (κ3) is 3.84. The van der Waals surface area contributed by atoms with E-state index in [-0.39, 0.29) is 12.8 Å². The molecule has 0 fully saturated rings. The molecule has 1 aliphatic heterocycles. The number of nitrogens with zero attached hydrogens (tertiary/aromatic N) is 3. The summed E-state index contributed by atoms with van der Waals surface area (Å²) in [5.41, 5.74) is 3.77. The largest absolute Gasteiger partial charge is 0.454 e. The summed E-state index contributed by atoms with van der Waals surface area (Å²) < 4.78 is 12.4. The quantitative estimate of drug-likeness (QED) is 0.723. The van der Waals surface area contributed by atoms with Crippen LogP contribution in [0.3, 0.4) is 0 Å². The lowest BCUT2D eigenvalue weighted by atomic mass is 10.1. The van der Waals surface area contributed by atoms with Crippen molar-refractivity contribution in [1.29, 1.82) is 0 Å². The molecular weight excluding hydrogens is 346 g/mol. The summed E-state index contributed by atoms with van der Waals surface area (Å²) in [5, 5.41) is 9.83. The van der Waals surface area contributed by atoms with E-state index in [2.05, 4.69) is 20.7 Å². The van der Waals surface area contributed by atoms with Crippen LogP contribution in [0.25, 0.3) is 11.3 Å². The molecule has 0 saturated carbocycles. The van der Waals surface area contributed by atoms with Crippen molar-refractivity contribution >= 4 is 6.03 Å². The van der Waals surface area contributed by atoms with E-state index in [0.717, 1.165) is 28.1 Å². The summed E-state index contributed by atoms with van der Waals surface area (Å²) in [6.07, 6.45) is 5.25. The molecule has 1 aliphatic rings. The van der Waals surface area contributed by atoms with Gasteiger partial charge in [0.25, 0.3) is 0 Å². The van der Waals surface area contributed by atoms with Crippen molar-refractivity contribution in [2.45, 2.75) is 13.1 Å². The van der Waals surface area contributed by atoms with E-state index in [4.69, 9.17) is 9.47 Å². The van der Waals surface area contributed by atoms with Crippen molar-refractivity contribution in [2.24, 2.45) is 7.05 Å². The lowest BCUT2D eigenvalue weighted by molar-refractivity contribution is 0.174. The number of amides is 2. The topological polar surface area (TPSA) is 90.3 Å². The van der Waals surface area contributed by atoms with Crippen molar-refractivity contribution < 1.29 is 14.3 Å². The lowest BCUT2D eigenvalue weighted by Gasteiger charge is -2.09. The highest BCUT2D eigenvalue weighted by Gasteiger charge is 2.13. The summed E-state index contributed by atoms with van der Waals surface area (Å²) in [5.74, 6) is 1.43. The first kappa shape index (κ1) is 16.9. The Hall–Kier alpha value is -3.55. The van der Waals surface area contributed by atoms with E-state index in [0.29, 0.717) is 18.8 Å². The summed E-state index contributed by atoms with van der Waals surface area (Å²) in [4.78, 5) is 16.3. The normalized spacial score (nSPS) is 12.0. The van der Waals surface area contributed by atoms with Gasteiger partial charge in [-0.15, -0.1) is 0 Å². The van der Waals surface area contributed by atoms with E-state index in [9.17, 15) is 4.79 Å². The molecule has 0 unspecified atom stereocenters. The maximum absolute atomic E-state index is 12.1. The minimum Gasteiger partial charge on any atom is -0.454 e. The summed E-state index contributed by atoms with van der Waals surface area (Å²) in [7, 11) is 1.88. The Bertz CT molecular complexity index is 969. The number of aryl methyl sites for hydroxylation is 1. The average Bonchev–Trinajstić information content (AvgIpc) is 3.33. The van der Waals surface area contributed by atoms with Crippen molar-refractivity contribution in [1.82, 2.24) is 25.4 Å². The number of hydrogen-bond acceptors (Lipinski definition) is 5. The molecule has 27 heavy (non-hydrogen) atoms. The predicted octanol–water partition coefficient (Wildman–Crippen LogP) is 2.21. The van der Waals surface area contributed by atoms with Gasteiger partial charge in [-0.2, -0.15) is 5.10 Å². The van der Waals surface area contributed by atoms with Crippen LogP contribution in [0, 0.1) is 0 Å². The molecule has 0 spiro atoms. The van der Waals surface area contributed by atoms with Crippen LogP contribution in [0.1, 0.15) is 11.1 Å². The van der Waals surface area contributed by atoms with E-state index in [1.54, 1.807) is 23.3 Å². The monoisotopic (exact) mass is 365 g/mol. The number of hydrogen-bond donors (Lipinski definition) is 2. The van der Waals surface area contributed by atoms with Crippen molar-refractivity contribution in [3.05, 3.63) is 60.0 Å². The number of fused-ring (bicyclic) bond motifs is 1. The molecule has 8 heteroatoms. The molecule has 4 rings (SSSR count). The summed E-state index contributed by atoms with van der Waals surface area (Å²) in [6.45, 7) is 1.01. The first-order valence-electron chi connectivity index (χ1n) is 8.51. The van der Waals surface area contributed by atoms with Crippen LogP contribution in [0.15, 0.2) is 48.9 Å². The molecule has 0 aliphatic carbocycles. The van der Waals surface area contributed by atoms with Gasteiger partial charge in [-0.25, -0.2) is 4.79 Å². The van der Waals surface area contributed by atoms with E-state index in [1.807, 2.05) is 37.4 Å². The van der Waals surface area contributed by atoms with Gasteiger partial charge in [-0.3, -0.25) is 9.67 Å². The highest BCUT2D eigenvalue weighted by atomic mass is 16.7. The summed E-state index contributed by atoms with van der Waals surface area (Å²) >= 11 is 0. The second-order valence-corrected chi connectivity index (χ2v) is 6.15. The Balaban J connectivity index is 1.31. The first-order chi connectivity index (χ1) is 13.2. The highest BCUT2D eigenvalue weighted by Crippen LogP contribution is 2.32. The molecule has 0 radical (unpaired) electrons. The second kappa shape index (κ2) is 7.36. The van der Waals surface area contributed by atoms with Crippen molar-refractivity contribution in [2.75, 3.05) is 6.79 Å². The predicted molar refractivity (Wildman–Crippen MR) is 98.1 cm³/mol. The molecule has 2 aromatic heterocycles. The van der Waals surface area contributed by atoms with Gasteiger partial charge in [0, 0.05) is 44.3 Å². The zero-order chi connectivity index (χ0) is 18.6. The minimum atomic E-state index is -0.251. The molecule has 3 heterocycles. The van der Waals surface area contributed by atoms with E-state index < -0.39 is 0 Å². The number of benzene rings is 1. The van der Waals surface area contributed by atoms with Gasteiger partial charge >= 0.3 is 6.03 Å². The number of pyridine rings is 1. The van der Waals surface area contributed by atoms with Gasteiger partial charge in [0.2, 0.25) is 6.79 Å². The smallest absolute Gasteiger partial charge is 0.315 e. The fourth-order valence-electron chi connectivity index (χ4n) is 2.86. The second-order valence-electron chi connectivity index (χ2n) is 6.15. The third-order valence-corrected chi connectivity index (χ3v) is 4.25. The molecule has 138 valence electrons. The molecule has 0 saturated heterocycles. The van der Waals surface area contributed by atoms with Gasteiger partial charge < -0.3 is 20.1 Å². The number of carbonyl (C=O) groups is 1. The van der Waals surface area contributed by atoms with Crippen LogP contribution in [0.2, 0.25) is 0 Å². The maximum Gasteiger partial charge on any atom is 0.315 e. The number of ether oxygens (including phenoxy) is 2. The molecule has 2 N–H and O–H groups in total. The van der Waals surface area contributed by atoms with Gasteiger partial charge in [0.1, 0.15) is 0 Å². The SMILES string of the molecule is Cn1nccc1-c1cncc(CNC(=O)NCc2ccc3c(c2)OCO3)c1. The number of carbonyl (C=O) groups excluding carboxylic acids is 1. The van der Waals surface area contributed by atoms with Crippen LogP contribution in [-0.4, -0.2) is 27.6 Å². The fraction of sp³-hybridized carbons (Fsp3) is 0.211. The Morgan fingerprint density at radius 1 is 1.07 bits per heavy atom. The molecule has 0 bridgehead atoms. The minimum absolute atomic E-state index is 0.235. The van der Waals surface area contributed by atoms with Crippen LogP contribution < -0.4 is 20.1 Å². The first-order valence-corrected chi connectivity index (χ1v) is 8.51. The van der Waals surface area contributed by atoms with Crippen LogP contribution in [0.5, 0.6) is 11.5 Å². The zero-order valence-electron chi connectivity index (χ0n) is 14.8. The van der Waals surface area contributed by atoms with Gasteiger partial charge in [-0.05, 0) is 35.4 Å². The van der Waals surface area contributed by atoms with Crippen molar-refractivity contribution in [3.63, 3.8) is 0 Å². The molecule has 3 aromatic rings. The van der Waals surface area contributed by atoms with E-state index in [1.165, 1.54) is 0 Å². The highest BCUT2D eigenvalue weighted by molar-refractivity contribution is 5.74. The Labute approximate surface area is 156 Å². The van der Waals surface area contributed by atoms with Crippen LogP contribution >= 0.6 is 0 Å². The molecule has 8 nitrogen and oxygen atoms in total. The van der Waals surface area contributed by atoms with Gasteiger partial charge in [0.15, 0.2) is 11.5 Å². The molecule has 2 amide bonds. The molecular formula is C19H19N5O3. The maximum atomic E-state index is 12.1. The Morgan fingerprint density at radius 3 is 2.70 bits per heavy atom. The third-order valence-electron chi connectivity index (χ3n) is 4.25. The fourth-order valence-corrected chi connectivity index (χ4v) is 2.86. The number of urea groups is 1. The van der Waals surface area contributed by atoms with Crippen LogP contribution in [0.4, 0.5) is 4.79 Å². The van der Waals surface area contributed by atoms with Crippen LogP contribution in [-0.2, 0) is 20.1 Å². The number of nitrogens with one attached hydrogen (secondary N) is 2. The van der Waals surface area contributed by atoms with Gasteiger partial charge in [0.05, 0.1) is 5.69 Å². The van der Waals surface area contributed by atoms with Crippen molar-refractivity contribution in [3.8, 4) is 22.8 Å². The standard InChI is InChI=1S/C19H19N5O3/c1-24-16(4-5-23-24)15-6-14(8-20-11-15)10-22-19(25)21-9-13-2-3-17-18(7-13)27-12-26-17/h2-8,11H,9-10,12H2,1H3,(H2,21,22,25). The Morgan fingerprint density at radius 2 is 1.89 bits per heavy atom. The Kier molecular flexibility index (Phi) is 4.61. The average molecular weight is 365 g/mol. The number of aromatic nitrogens is 3.